The maximum Gasteiger partial charge on any atom is 0.261 e. The molecule has 1 aromatic rings. The van der Waals surface area contributed by atoms with Crippen LogP contribution in [-0.2, 0) is 14.3 Å². The predicted octanol–water partition coefficient (Wildman–Crippen LogP) is 1.34. The maximum absolute atomic E-state index is 12.7. The molecule has 6 nitrogen and oxygen atoms in total. The van der Waals surface area contributed by atoms with Crippen molar-refractivity contribution in [2.45, 2.75) is 31.7 Å². The first-order valence-corrected chi connectivity index (χ1v) is 8.47. The van der Waals surface area contributed by atoms with Crippen molar-refractivity contribution in [2.24, 2.45) is 11.1 Å². The van der Waals surface area contributed by atoms with E-state index in [1.807, 2.05) is 18.2 Å². The minimum atomic E-state index is -0.568. The van der Waals surface area contributed by atoms with E-state index in [2.05, 4.69) is 0 Å². The standard InChI is InChI=1S/C18H24N2O4/c19-17(22)16-18(8-11-23-12-9-18)7-4-10-20(16)15(21)13-24-14-5-2-1-3-6-14/h1-3,5-6,16H,4,7-13H2,(H2,19,22). The number of nitrogens with zero attached hydrogens (tertiary/aromatic N) is 1. The zero-order valence-corrected chi connectivity index (χ0v) is 13.8. The van der Waals surface area contributed by atoms with E-state index in [9.17, 15) is 9.59 Å². The van der Waals surface area contributed by atoms with Gasteiger partial charge in [0.1, 0.15) is 11.8 Å². The maximum atomic E-state index is 12.7. The molecule has 0 saturated carbocycles. The number of carbonyl (C=O) groups excluding carboxylic acids is 2. The fraction of sp³-hybridized carbons (Fsp3) is 0.556. The van der Waals surface area contributed by atoms with Crippen LogP contribution in [0.3, 0.4) is 0 Å². The van der Waals surface area contributed by atoms with Crippen LogP contribution >= 0.6 is 0 Å². The molecule has 2 N–H and O–H groups in total. The summed E-state index contributed by atoms with van der Waals surface area (Å²) in [6.45, 7) is 1.70. The van der Waals surface area contributed by atoms with Crippen molar-refractivity contribution in [1.82, 2.24) is 4.90 Å². The van der Waals surface area contributed by atoms with Gasteiger partial charge >= 0.3 is 0 Å². The van der Waals surface area contributed by atoms with Crippen LogP contribution in [0.1, 0.15) is 25.7 Å². The number of para-hydroxylation sites is 1. The minimum absolute atomic E-state index is 0.0830. The Morgan fingerprint density at radius 2 is 1.92 bits per heavy atom. The monoisotopic (exact) mass is 332 g/mol. The number of ether oxygens (including phenoxy) is 2. The molecule has 0 aromatic heterocycles. The highest BCUT2D eigenvalue weighted by molar-refractivity contribution is 5.88. The highest BCUT2D eigenvalue weighted by atomic mass is 16.5. The van der Waals surface area contributed by atoms with Gasteiger partial charge in [-0.05, 0) is 37.8 Å². The molecule has 24 heavy (non-hydrogen) atoms. The predicted molar refractivity (Wildman–Crippen MR) is 88.4 cm³/mol. The molecule has 2 fully saturated rings. The van der Waals surface area contributed by atoms with E-state index in [4.69, 9.17) is 15.2 Å². The smallest absolute Gasteiger partial charge is 0.261 e. The summed E-state index contributed by atoms with van der Waals surface area (Å²) in [5, 5.41) is 0. The van der Waals surface area contributed by atoms with Gasteiger partial charge in [-0.15, -0.1) is 0 Å². The third-order valence-electron chi connectivity index (χ3n) is 5.15. The Kier molecular flexibility index (Phi) is 5.04. The van der Waals surface area contributed by atoms with Gasteiger partial charge < -0.3 is 20.1 Å². The molecule has 130 valence electrons. The summed E-state index contributed by atoms with van der Waals surface area (Å²) in [5.74, 6) is 0.0251. The summed E-state index contributed by atoms with van der Waals surface area (Å²) in [4.78, 5) is 26.5. The number of rotatable bonds is 4. The number of hydrogen-bond acceptors (Lipinski definition) is 4. The van der Waals surface area contributed by atoms with E-state index >= 15 is 0 Å². The van der Waals surface area contributed by atoms with Gasteiger partial charge in [0.25, 0.3) is 5.91 Å². The van der Waals surface area contributed by atoms with Crippen molar-refractivity contribution < 1.29 is 19.1 Å². The molecule has 1 aromatic carbocycles. The lowest BCUT2D eigenvalue weighted by molar-refractivity contribution is -0.154. The Morgan fingerprint density at radius 3 is 2.58 bits per heavy atom. The quantitative estimate of drug-likeness (QED) is 0.902. The summed E-state index contributed by atoms with van der Waals surface area (Å²) >= 11 is 0. The number of benzene rings is 1. The number of amides is 2. The SMILES string of the molecule is NC(=O)C1N(C(=O)COc2ccccc2)CCCC12CCOCC2. The van der Waals surface area contributed by atoms with Crippen LogP contribution in [-0.4, -0.2) is 49.1 Å². The summed E-state index contributed by atoms with van der Waals surface area (Å²) in [6.07, 6.45) is 3.32. The number of piperidine rings is 1. The Labute approximate surface area is 141 Å². The first kappa shape index (κ1) is 16.8. The van der Waals surface area contributed by atoms with E-state index < -0.39 is 11.9 Å². The molecule has 1 unspecified atom stereocenters. The van der Waals surface area contributed by atoms with Crippen molar-refractivity contribution >= 4 is 11.8 Å². The van der Waals surface area contributed by atoms with E-state index in [-0.39, 0.29) is 17.9 Å². The van der Waals surface area contributed by atoms with Crippen molar-refractivity contribution in [2.75, 3.05) is 26.4 Å². The van der Waals surface area contributed by atoms with Crippen LogP contribution in [0, 0.1) is 5.41 Å². The van der Waals surface area contributed by atoms with E-state index in [0.29, 0.717) is 25.5 Å². The topological polar surface area (TPSA) is 81.9 Å². The third kappa shape index (κ3) is 3.38. The lowest BCUT2D eigenvalue weighted by Crippen LogP contribution is -2.62. The Bertz CT molecular complexity index is 578. The normalized spacial score (nSPS) is 23.0. The lowest BCUT2D eigenvalue weighted by Gasteiger charge is -2.50. The number of hydrogen-bond donors (Lipinski definition) is 1. The van der Waals surface area contributed by atoms with Gasteiger partial charge in [0.2, 0.25) is 5.91 Å². The molecule has 2 saturated heterocycles. The number of nitrogens with two attached hydrogens (primary N) is 1. The van der Waals surface area contributed by atoms with E-state index in [0.717, 1.165) is 25.7 Å². The van der Waals surface area contributed by atoms with Gasteiger partial charge in [-0.1, -0.05) is 18.2 Å². The van der Waals surface area contributed by atoms with Crippen LogP contribution < -0.4 is 10.5 Å². The van der Waals surface area contributed by atoms with Crippen molar-refractivity contribution in [1.29, 1.82) is 0 Å². The summed E-state index contributed by atoms with van der Waals surface area (Å²) in [5.41, 5.74) is 5.45. The minimum Gasteiger partial charge on any atom is -0.484 e. The highest BCUT2D eigenvalue weighted by Crippen LogP contribution is 2.44. The molecular formula is C18H24N2O4. The highest BCUT2D eigenvalue weighted by Gasteiger charge is 2.49. The second-order valence-electron chi connectivity index (χ2n) is 6.57. The van der Waals surface area contributed by atoms with Gasteiger partial charge in [-0.2, -0.15) is 0 Å². The average molecular weight is 332 g/mol. The molecule has 0 aliphatic carbocycles. The van der Waals surface area contributed by atoms with E-state index in [1.165, 1.54) is 0 Å². The zero-order valence-electron chi connectivity index (χ0n) is 13.8. The van der Waals surface area contributed by atoms with Gasteiger partial charge in [0.15, 0.2) is 6.61 Å². The molecule has 2 aliphatic heterocycles. The number of primary amides is 1. The van der Waals surface area contributed by atoms with Gasteiger partial charge in [-0.3, -0.25) is 9.59 Å². The summed E-state index contributed by atoms with van der Waals surface area (Å²) < 4.78 is 11.0. The van der Waals surface area contributed by atoms with Gasteiger partial charge in [0, 0.05) is 25.2 Å². The Hall–Kier alpha value is -2.08. The Balaban J connectivity index is 1.72. The largest absolute Gasteiger partial charge is 0.484 e. The average Bonchev–Trinajstić information content (AvgIpc) is 2.60. The van der Waals surface area contributed by atoms with Crippen LogP contribution in [0.2, 0.25) is 0 Å². The van der Waals surface area contributed by atoms with Gasteiger partial charge in [-0.25, -0.2) is 0 Å². The second kappa shape index (κ2) is 7.21. The molecule has 2 heterocycles. The molecular weight excluding hydrogens is 308 g/mol. The zero-order chi connectivity index (χ0) is 17.0. The van der Waals surface area contributed by atoms with Crippen molar-refractivity contribution in [3.8, 4) is 5.75 Å². The van der Waals surface area contributed by atoms with Crippen LogP contribution in [0.25, 0.3) is 0 Å². The van der Waals surface area contributed by atoms with Crippen LogP contribution in [0.5, 0.6) is 5.75 Å². The summed E-state index contributed by atoms with van der Waals surface area (Å²) in [7, 11) is 0. The number of likely N-dealkylation sites (tertiary alicyclic amines) is 1. The molecule has 0 radical (unpaired) electrons. The number of carbonyl (C=O) groups is 2. The molecule has 3 rings (SSSR count). The molecule has 0 bridgehead atoms. The molecule has 2 amide bonds. The van der Waals surface area contributed by atoms with Crippen LogP contribution in [0.4, 0.5) is 0 Å². The molecule has 6 heteroatoms. The lowest BCUT2D eigenvalue weighted by atomic mass is 9.67. The van der Waals surface area contributed by atoms with Crippen LogP contribution in [0.15, 0.2) is 30.3 Å². The summed E-state index contributed by atoms with van der Waals surface area (Å²) in [6, 6.07) is 8.62. The van der Waals surface area contributed by atoms with Gasteiger partial charge in [0.05, 0.1) is 0 Å². The first-order chi connectivity index (χ1) is 11.6. The fourth-order valence-corrected chi connectivity index (χ4v) is 3.97. The third-order valence-corrected chi connectivity index (χ3v) is 5.15. The second-order valence-corrected chi connectivity index (χ2v) is 6.57. The molecule has 1 spiro atoms. The molecule has 2 aliphatic rings. The fourth-order valence-electron chi connectivity index (χ4n) is 3.97. The molecule has 1 atom stereocenters. The van der Waals surface area contributed by atoms with Crippen molar-refractivity contribution in [3.63, 3.8) is 0 Å². The Morgan fingerprint density at radius 1 is 1.21 bits per heavy atom. The van der Waals surface area contributed by atoms with E-state index in [1.54, 1.807) is 17.0 Å². The van der Waals surface area contributed by atoms with Crippen molar-refractivity contribution in [3.05, 3.63) is 30.3 Å². The first-order valence-electron chi connectivity index (χ1n) is 8.47.